The van der Waals surface area contributed by atoms with E-state index in [1.54, 1.807) is 36.0 Å². The number of thiazole rings is 1. The second-order valence-electron chi connectivity index (χ2n) is 21.0. The molecule has 2 saturated heterocycles. The highest BCUT2D eigenvalue weighted by atomic mass is 35.5. The quantitative estimate of drug-likeness (QED) is 0.0889. The first-order valence-electron chi connectivity index (χ1n) is 23.9. The van der Waals surface area contributed by atoms with Crippen LogP contribution in [0.1, 0.15) is 101 Å². The third-order valence-corrected chi connectivity index (χ3v) is 15.4. The van der Waals surface area contributed by atoms with Gasteiger partial charge in [-0.15, -0.1) is 11.3 Å². The Balaban J connectivity index is 0.856. The number of aromatic nitrogens is 2. The number of pyridine rings is 1. The van der Waals surface area contributed by atoms with Gasteiger partial charge in [0.05, 0.1) is 51.0 Å². The lowest BCUT2D eigenvalue weighted by Gasteiger charge is -2.63. The standard InChI is InChI=1S/C52H66ClN9O7S/c1-31-43(70-30-56-31)33-13-11-32(12-14-33)39(29-63)57-46(67)40-24-36(64)28-62(40)47(68)44(50(2,3)4)58-42(65)10-9-19-60-20-22-61(23-21-60)41-18-16-35(27-55-41)45(66)59-48-51(5,6)49(52(48,7)8)69-37-17-15-34(26-54)38(53)25-37/h11-18,25,27,30,36,39-40,44,48-49,63-64H,9-10,19-24,28-29H2,1-8H3,(H,57,67)(H,58,65)(H,59,66)/t36-,39+,40+,44?,48?,49?/m1/s1. The van der Waals surface area contributed by atoms with Crippen molar-refractivity contribution in [1.82, 2.24) is 35.7 Å². The number of amides is 4. The molecular formula is C52H66ClN9O7S. The van der Waals surface area contributed by atoms with Crippen molar-refractivity contribution in [1.29, 1.82) is 5.26 Å². The molecule has 4 heterocycles. The Morgan fingerprint density at radius 2 is 1.69 bits per heavy atom. The molecule has 1 saturated carbocycles. The summed E-state index contributed by atoms with van der Waals surface area (Å²) < 4.78 is 6.37. The summed E-state index contributed by atoms with van der Waals surface area (Å²) in [6.45, 7) is 19.0. The normalized spacial score (nSPS) is 21.7. The summed E-state index contributed by atoms with van der Waals surface area (Å²) in [5, 5.41) is 39.6. The Hall–Kier alpha value is -5.64. The summed E-state index contributed by atoms with van der Waals surface area (Å²) in [6, 6.07) is 15.4. The van der Waals surface area contributed by atoms with Gasteiger partial charge in [-0.2, -0.15) is 5.26 Å². The molecule has 0 bridgehead atoms. The van der Waals surface area contributed by atoms with Gasteiger partial charge in [0, 0.05) is 74.7 Å². The lowest BCUT2D eigenvalue weighted by Crippen LogP contribution is -2.74. The highest BCUT2D eigenvalue weighted by molar-refractivity contribution is 7.13. The number of β-amino-alcohol motifs (C(OH)–C–C–N with tert-alkyl or cyclic N) is 1. The van der Waals surface area contributed by atoms with Gasteiger partial charge in [0.1, 0.15) is 35.8 Å². The molecule has 3 fully saturated rings. The highest BCUT2D eigenvalue weighted by Crippen LogP contribution is 2.55. The monoisotopic (exact) mass is 995 g/mol. The number of piperazine rings is 1. The maximum Gasteiger partial charge on any atom is 0.253 e. The number of carbonyl (C=O) groups is 4. The minimum atomic E-state index is -0.986. The van der Waals surface area contributed by atoms with Crippen LogP contribution in [-0.4, -0.2) is 130 Å². The number of likely N-dealkylation sites (tertiary alicyclic amines) is 1. The van der Waals surface area contributed by atoms with Crippen molar-refractivity contribution < 1.29 is 34.1 Å². The summed E-state index contributed by atoms with van der Waals surface area (Å²) in [5.74, 6) is -0.0801. The largest absolute Gasteiger partial charge is 0.489 e. The Kier molecular flexibility index (Phi) is 15.9. The third kappa shape index (κ3) is 11.4. The van der Waals surface area contributed by atoms with E-state index < -0.39 is 52.3 Å². The van der Waals surface area contributed by atoms with Crippen LogP contribution in [0, 0.1) is 34.5 Å². The van der Waals surface area contributed by atoms with Crippen molar-refractivity contribution in [2.75, 3.05) is 50.8 Å². The molecule has 2 aliphatic heterocycles. The van der Waals surface area contributed by atoms with Crippen molar-refractivity contribution in [3.63, 3.8) is 0 Å². The van der Waals surface area contributed by atoms with E-state index in [2.05, 4.69) is 69.5 Å². The van der Waals surface area contributed by atoms with Crippen LogP contribution in [-0.2, 0) is 14.4 Å². The number of aryl methyl sites for hydroxylation is 1. The van der Waals surface area contributed by atoms with E-state index in [1.807, 2.05) is 58.0 Å². The second-order valence-corrected chi connectivity index (χ2v) is 22.3. The van der Waals surface area contributed by atoms with Crippen LogP contribution in [0.5, 0.6) is 5.75 Å². The Bertz CT molecular complexity index is 2550. The fraction of sp³-hybridized carbons (Fsp3) is 0.519. The zero-order chi connectivity index (χ0) is 50.7. The van der Waals surface area contributed by atoms with Gasteiger partial charge in [-0.3, -0.25) is 24.1 Å². The molecule has 2 aromatic carbocycles. The summed E-state index contributed by atoms with van der Waals surface area (Å²) in [6.07, 6.45) is 1.27. The van der Waals surface area contributed by atoms with Crippen molar-refractivity contribution in [3.8, 4) is 22.3 Å². The van der Waals surface area contributed by atoms with Crippen molar-refractivity contribution in [2.24, 2.45) is 16.2 Å². The average molecular weight is 997 g/mol. The van der Waals surface area contributed by atoms with Crippen LogP contribution in [0.25, 0.3) is 10.4 Å². The minimum absolute atomic E-state index is 0.0336. The summed E-state index contributed by atoms with van der Waals surface area (Å²) in [7, 11) is 0. The number of aliphatic hydroxyl groups excluding tert-OH is 2. The van der Waals surface area contributed by atoms with Crippen LogP contribution in [0.2, 0.25) is 5.02 Å². The molecule has 374 valence electrons. The van der Waals surface area contributed by atoms with Gasteiger partial charge in [-0.1, -0.05) is 84.3 Å². The molecule has 18 heteroatoms. The Morgan fingerprint density at radius 3 is 2.27 bits per heavy atom. The van der Waals surface area contributed by atoms with E-state index in [9.17, 15) is 34.7 Å². The van der Waals surface area contributed by atoms with Gasteiger partial charge in [0.15, 0.2) is 0 Å². The number of benzene rings is 2. The number of carbonyl (C=O) groups excluding carboxylic acids is 4. The summed E-state index contributed by atoms with van der Waals surface area (Å²) >= 11 is 7.79. The molecule has 1 aliphatic carbocycles. The molecule has 4 amide bonds. The number of anilines is 1. The van der Waals surface area contributed by atoms with Crippen LogP contribution in [0.15, 0.2) is 66.3 Å². The SMILES string of the molecule is Cc1ncsc1-c1ccc([C@H](CO)NC(=O)[C@@H]2C[C@@H](O)CN2C(=O)C(NC(=O)CCCN2CCN(c3ccc(C(=O)NC4C(C)(C)C(Oc5ccc(C#N)c(Cl)c5)C4(C)C)cn3)CC2)C(C)(C)C)cc1. The number of nitrogens with one attached hydrogen (secondary N) is 3. The van der Waals surface area contributed by atoms with Crippen LogP contribution >= 0.6 is 22.9 Å². The van der Waals surface area contributed by atoms with Gasteiger partial charge in [0.25, 0.3) is 5.91 Å². The van der Waals surface area contributed by atoms with Gasteiger partial charge in [-0.25, -0.2) is 9.97 Å². The number of rotatable bonds is 16. The third-order valence-electron chi connectivity index (χ3n) is 14.1. The number of hydrogen-bond acceptors (Lipinski definition) is 13. The first-order chi connectivity index (χ1) is 33.1. The van der Waals surface area contributed by atoms with Gasteiger partial charge >= 0.3 is 0 Å². The number of nitriles is 1. The molecule has 70 heavy (non-hydrogen) atoms. The molecule has 2 aromatic heterocycles. The second kappa shape index (κ2) is 21.4. The average Bonchev–Trinajstić information content (AvgIpc) is 3.95. The fourth-order valence-electron chi connectivity index (χ4n) is 10.5. The maximum atomic E-state index is 14.2. The number of halogens is 1. The summed E-state index contributed by atoms with van der Waals surface area (Å²) in [5.41, 5.74) is 3.71. The summed E-state index contributed by atoms with van der Waals surface area (Å²) in [4.78, 5) is 70.8. The van der Waals surface area contributed by atoms with E-state index in [0.717, 1.165) is 48.1 Å². The zero-order valence-corrected chi connectivity index (χ0v) is 42.9. The molecule has 4 aromatic rings. The zero-order valence-electron chi connectivity index (χ0n) is 41.3. The number of aliphatic hydroxyl groups is 2. The molecule has 1 unspecified atom stereocenters. The molecule has 0 radical (unpaired) electrons. The molecule has 0 spiro atoms. The lowest BCUT2D eigenvalue weighted by molar-refractivity contribution is -0.164. The van der Waals surface area contributed by atoms with E-state index in [4.69, 9.17) is 16.3 Å². The van der Waals surface area contributed by atoms with E-state index in [-0.39, 0.29) is 50.0 Å². The lowest BCUT2D eigenvalue weighted by atomic mass is 9.49. The number of nitrogens with zero attached hydrogens (tertiary/aromatic N) is 6. The predicted octanol–water partition coefficient (Wildman–Crippen LogP) is 5.90. The number of hydrogen-bond donors (Lipinski definition) is 5. The van der Waals surface area contributed by atoms with E-state index in [1.165, 1.54) is 16.2 Å². The first kappa shape index (κ1) is 52.2. The van der Waals surface area contributed by atoms with Crippen molar-refractivity contribution in [3.05, 3.63) is 93.7 Å². The number of ether oxygens (including phenoxy) is 1. The topological polar surface area (TPSA) is 213 Å². The molecule has 16 nitrogen and oxygen atoms in total. The van der Waals surface area contributed by atoms with Gasteiger partial charge < -0.3 is 40.7 Å². The predicted molar refractivity (Wildman–Crippen MR) is 269 cm³/mol. The van der Waals surface area contributed by atoms with Crippen LogP contribution in [0.3, 0.4) is 0 Å². The molecule has 4 atom stereocenters. The van der Waals surface area contributed by atoms with E-state index in [0.29, 0.717) is 40.4 Å². The minimum Gasteiger partial charge on any atom is -0.489 e. The van der Waals surface area contributed by atoms with Crippen LogP contribution in [0.4, 0.5) is 5.82 Å². The first-order valence-corrected chi connectivity index (χ1v) is 25.2. The van der Waals surface area contributed by atoms with Gasteiger partial charge in [-0.05, 0) is 60.7 Å². The molecular weight excluding hydrogens is 930 g/mol. The van der Waals surface area contributed by atoms with Crippen molar-refractivity contribution >= 4 is 52.4 Å². The maximum absolute atomic E-state index is 14.2. The van der Waals surface area contributed by atoms with Crippen molar-refractivity contribution in [2.45, 2.75) is 111 Å². The van der Waals surface area contributed by atoms with Crippen LogP contribution < -0.4 is 25.6 Å². The molecule has 5 N–H and O–H groups in total. The van der Waals surface area contributed by atoms with E-state index >= 15 is 0 Å². The molecule has 3 aliphatic rings. The molecule has 7 rings (SSSR count). The highest BCUT2D eigenvalue weighted by Gasteiger charge is 2.64. The smallest absolute Gasteiger partial charge is 0.253 e. The fourth-order valence-corrected chi connectivity index (χ4v) is 11.5. The Labute approximate surface area is 419 Å². The van der Waals surface area contributed by atoms with Gasteiger partial charge in [0.2, 0.25) is 17.7 Å². The Morgan fingerprint density at radius 1 is 0.986 bits per heavy atom.